The maximum absolute atomic E-state index is 12.9. The number of nitrogens with one attached hydrogen (secondary N) is 1. The molecule has 1 fully saturated rings. The summed E-state index contributed by atoms with van der Waals surface area (Å²) in [5.41, 5.74) is 1.67. The summed E-state index contributed by atoms with van der Waals surface area (Å²) in [7, 11) is -3.63. The molecule has 3 rings (SSSR count). The van der Waals surface area contributed by atoms with Gasteiger partial charge in [0.05, 0.1) is 24.5 Å². The molecule has 1 unspecified atom stereocenters. The van der Waals surface area contributed by atoms with Gasteiger partial charge in [0.25, 0.3) is 0 Å². The number of carbonyl (C=O) groups is 1. The lowest BCUT2D eigenvalue weighted by molar-refractivity contribution is 0.00994. The van der Waals surface area contributed by atoms with E-state index in [1.165, 1.54) is 4.31 Å². The van der Waals surface area contributed by atoms with Gasteiger partial charge in [0.1, 0.15) is 0 Å². The minimum atomic E-state index is -3.63. The van der Waals surface area contributed by atoms with Crippen LogP contribution in [0.2, 0.25) is 0 Å². The maximum atomic E-state index is 12.9. The van der Waals surface area contributed by atoms with Crippen LogP contribution in [0.25, 0.3) is 0 Å². The zero-order valence-electron chi connectivity index (χ0n) is 16.4. The van der Waals surface area contributed by atoms with Crippen molar-refractivity contribution in [3.8, 4) is 0 Å². The Morgan fingerprint density at radius 3 is 2.40 bits per heavy atom. The van der Waals surface area contributed by atoms with E-state index in [9.17, 15) is 13.2 Å². The van der Waals surface area contributed by atoms with Crippen molar-refractivity contribution in [3.05, 3.63) is 70.2 Å². The number of sulfonamides is 1. The predicted octanol–water partition coefficient (Wildman–Crippen LogP) is 3.77. The van der Waals surface area contributed by atoms with E-state index in [4.69, 9.17) is 9.84 Å². The molecule has 1 aliphatic heterocycles. The molecule has 1 aliphatic rings. The summed E-state index contributed by atoms with van der Waals surface area (Å²) in [6.45, 7) is 1.19. The second kappa shape index (κ2) is 10.4. The number of piperidine rings is 1. The first kappa shape index (κ1) is 22.7. The molecule has 1 heterocycles. The molecule has 0 saturated carbocycles. The van der Waals surface area contributed by atoms with Crippen LogP contribution in [0.4, 0.5) is 4.79 Å². The SMILES string of the molecule is O=C(O)NC(CS(=O)(=O)N1CCC(OCc2ccccc2Br)CC1)c1ccccc1. The first-order valence-corrected chi connectivity index (χ1v) is 12.1. The highest BCUT2D eigenvalue weighted by atomic mass is 79.9. The molecule has 162 valence electrons. The van der Waals surface area contributed by atoms with Crippen LogP contribution in [0.3, 0.4) is 0 Å². The van der Waals surface area contributed by atoms with Gasteiger partial charge < -0.3 is 15.2 Å². The largest absolute Gasteiger partial charge is 0.465 e. The van der Waals surface area contributed by atoms with E-state index >= 15 is 0 Å². The molecule has 2 aromatic carbocycles. The first-order valence-electron chi connectivity index (χ1n) is 9.72. The topological polar surface area (TPSA) is 95.9 Å². The number of hydrogen-bond acceptors (Lipinski definition) is 4. The highest BCUT2D eigenvalue weighted by molar-refractivity contribution is 9.10. The Kier molecular flexibility index (Phi) is 7.87. The van der Waals surface area contributed by atoms with Crippen LogP contribution in [0.1, 0.15) is 30.0 Å². The molecule has 0 aliphatic carbocycles. The van der Waals surface area contributed by atoms with Gasteiger partial charge >= 0.3 is 6.09 Å². The van der Waals surface area contributed by atoms with Crippen molar-refractivity contribution in [2.24, 2.45) is 0 Å². The first-order chi connectivity index (χ1) is 14.3. The van der Waals surface area contributed by atoms with E-state index in [1.54, 1.807) is 30.3 Å². The number of nitrogens with zero attached hydrogens (tertiary/aromatic N) is 1. The van der Waals surface area contributed by atoms with Crippen molar-refractivity contribution in [3.63, 3.8) is 0 Å². The van der Waals surface area contributed by atoms with Crippen LogP contribution in [-0.2, 0) is 21.4 Å². The molecule has 0 radical (unpaired) electrons. The molecule has 1 atom stereocenters. The standard InChI is InChI=1S/C21H25BrN2O5S/c22-19-9-5-4-8-17(19)14-29-18-10-12-24(13-11-18)30(27,28)15-20(23-21(25)26)16-6-2-1-3-7-16/h1-9,18,20,23H,10-15H2,(H,25,26). The lowest BCUT2D eigenvalue weighted by atomic mass is 10.1. The molecule has 0 bridgehead atoms. The molecule has 30 heavy (non-hydrogen) atoms. The second-order valence-electron chi connectivity index (χ2n) is 7.19. The van der Waals surface area contributed by atoms with Crippen molar-refractivity contribution >= 4 is 32.0 Å². The van der Waals surface area contributed by atoms with Crippen molar-refractivity contribution in [2.45, 2.75) is 31.6 Å². The molecule has 1 saturated heterocycles. The third-order valence-corrected chi connectivity index (χ3v) is 7.78. The van der Waals surface area contributed by atoms with E-state index in [0.717, 1.165) is 10.0 Å². The van der Waals surface area contributed by atoms with Crippen molar-refractivity contribution in [1.29, 1.82) is 0 Å². The third kappa shape index (κ3) is 6.28. The molecule has 9 heteroatoms. The summed E-state index contributed by atoms with van der Waals surface area (Å²) in [6, 6.07) is 15.8. The van der Waals surface area contributed by atoms with Crippen molar-refractivity contribution in [1.82, 2.24) is 9.62 Å². The second-order valence-corrected chi connectivity index (χ2v) is 10.1. The molecule has 0 spiro atoms. The lowest BCUT2D eigenvalue weighted by Crippen LogP contribution is -2.44. The van der Waals surface area contributed by atoms with Gasteiger partial charge in [-0.3, -0.25) is 0 Å². The number of rotatable bonds is 8. The minimum absolute atomic E-state index is 0.00868. The summed E-state index contributed by atoms with van der Waals surface area (Å²) in [4.78, 5) is 11.2. The Balaban J connectivity index is 1.56. The highest BCUT2D eigenvalue weighted by Gasteiger charge is 2.31. The Morgan fingerprint density at radius 2 is 1.77 bits per heavy atom. The fourth-order valence-electron chi connectivity index (χ4n) is 3.47. The highest BCUT2D eigenvalue weighted by Crippen LogP contribution is 2.23. The average molecular weight is 497 g/mol. The van der Waals surface area contributed by atoms with Crippen LogP contribution in [0.5, 0.6) is 0 Å². The number of hydrogen-bond donors (Lipinski definition) is 2. The van der Waals surface area contributed by atoms with Crippen LogP contribution >= 0.6 is 15.9 Å². The van der Waals surface area contributed by atoms with Gasteiger partial charge in [0.2, 0.25) is 10.0 Å². The van der Waals surface area contributed by atoms with E-state index in [-0.39, 0.29) is 11.9 Å². The van der Waals surface area contributed by atoms with E-state index < -0.39 is 22.2 Å². The lowest BCUT2D eigenvalue weighted by Gasteiger charge is -2.32. The van der Waals surface area contributed by atoms with Gasteiger partial charge in [0, 0.05) is 17.6 Å². The Hall–Kier alpha value is -1.94. The number of carboxylic acid groups (broad SMARTS) is 1. The number of benzene rings is 2. The minimum Gasteiger partial charge on any atom is -0.465 e. The third-order valence-electron chi connectivity index (χ3n) is 5.10. The fraction of sp³-hybridized carbons (Fsp3) is 0.381. The molecule has 1 amide bonds. The normalized spacial score (nSPS) is 16.8. The van der Waals surface area contributed by atoms with Crippen LogP contribution in [-0.4, -0.2) is 48.9 Å². The fourth-order valence-corrected chi connectivity index (χ4v) is 5.55. The van der Waals surface area contributed by atoms with Gasteiger partial charge in [-0.1, -0.05) is 64.5 Å². The Bertz CT molecular complexity index is 947. The van der Waals surface area contributed by atoms with E-state index in [1.807, 2.05) is 24.3 Å². The molecule has 2 N–H and O–H groups in total. The zero-order chi connectivity index (χ0) is 21.6. The molecular formula is C21H25BrN2O5S. The van der Waals surface area contributed by atoms with Crippen molar-refractivity contribution in [2.75, 3.05) is 18.8 Å². The molecule has 7 nitrogen and oxygen atoms in total. The molecule has 0 aromatic heterocycles. The van der Waals surface area contributed by atoms with Crippen molar-refractivity contribution < 1.29 is 23.1 Å². The van der Waals surface area contributed by atoms with Gasteiger partial charge in [-0.05, 0) is 30.0 Å². The van der Waals surface area contributed by atoms with Gasteiger partial charge in [-0.2, -0.15) is 0 Å². The molecule has 2 aromatic rings. The smallest absolute Gasteiger partial charge is 0.405 e. The van der Waals surface area contributed by atoms with E-state index in [0.29, 0.717) is 38.1 Å². The van der Waals surface area contributed by atoms with E-state index in [2.05, 4.69) is 21.2 Å². The van der Waals surface area contributed by atoms with Gasteiger partial charge in [0.15, 0.2) is 0 Å². The summed E-state index contributed by atoms with van der Waals surface area (Å²) < 4.78 is 34.3. The van der Waals surface area contributed by atoms with Crippen LogP contribution < -0.4 is 5.32 Å². The number of halogens is 1. The maximum Gasteiger partial charge on any atom is 0.405 e. The molecular weight excluding hydrogens is 472 g/mol. The van der Waals surface area contributed by atoms with Gasteiger partial charge in [-0.15, -0.1) is 0 Å². The monoisotopic (exact) mass is 496 g/mol. The summed E-state index contributed by atoms with van der Waals surface area (Å²) in [6.07, 6.45) is -0.0539. The number of amides is 1. The quantitative estimate of drug-likeness (QED) is 0.579. The Morgan fingerprint density at radius 1 is 1.13 bits per heavy atom. The van der Waals surface area contributed by atoms with Crippen LogP contribution in [0.15, 0.2) is 59.1 Å². The predicted molar refractivity (Wildman–Crippen MR) is 118 cm³/mol. The average Bonchev–Trinajstić information content (AvgIpc) is 2.73. The Labute approximate surface area is 185 Å². The zero-order valence-corrected chi connectivity index (χ0v) is 18.8. The number of ether oxygens (including phenoxy) is 1. The van der Waals surface area contributed by atoms with Gasteiger partial charge in [-0.25, -0.2) is 17.5 Å². The van der Waals surface area contributed by atoms with Crippen LogP contribution in [0, 0.1) is 0 Å². The summed E-state index contributed by atoms with van der Waals surface area (Å²) >= 11 is 3.50. The summed E-state index contributed by atoms with van der Waals surface area (Å²) in [5, 5.41) is 11.4. The summed E-state index contributed by atoms with van der Waals surface area (Å²) in [5.74, 6) is -0.314.